The first kappa shape index (κ1) is 10.9. The van der Waals surface area contributed by atoms with Crippen LogP contribution in [0.1, 0.15) is 18.4 Å². The first-order valence-corrected chi connectivity index (χ1v) is 5.46. The molecule has 0 heterocycles. The number of carbonyl (C=O) groups excluding carboxylic acids is 1. The molecule has 16 heavy (non-hydrogen) atoms. The molecule has 0 aromatic heterocycles. The van der Waals surface area contributed by atoms with E-state index in [0.29, 0.717) is 6.42 Å². The average Bonchev–Trinajstić information content (AvgIpc) is 2.64. The predicted molar refractivity (Wildman–Crippen MR) is 60.4 cm³/mol. The Morgan fingerprint density at radius 3 is 2.88 bits per heavy atom. The summed E-state index contributed by atoms with van der Waals surface area (Å²) in [6.45, 7) is 0.739. The SMILES string of the molecule is O=C1C=C(NCCc2cccc(F)c2)CC1. The first-order chi connectivity index (χ1) is 7.74. The summed E-state index contributed by atoms with van der Waals surface area (Å²) in [5.41, 5.74) is 1.97. The van der Waals surface area contributed by atoms with Gasteiger partial charge in [-0.2, -0.15) is 0 Å². The predicted octanol–water partition coefficient (Wildman–Crippen LogP) is 2.20. The highest BCUT2D eigenvalue weighted by Gasteiger charge is 2.10. The molecule has 1 aliphatic carbocycles. The van der Waals surface area contributed by atoms with Crippen LogP contribution in [-0.4, -0.2) is 12.3 Å². The molecule has 0 saturated heterocycles. The minimum absolute atomic E-state index is 0.188. The van der Waals surface area contributed by atoms with E-state index < -0.39 is 0 Å². The van der Waals surface area contributed by atoms with Crippen molar-refractivity contribution in [3.05, 3.63) is 47.4 Å². The van der Waals surface area contributed by atoms with E-state index in [9.17, 15) is 9.18 Å². The van der Waals surface area contributed by atoms with Crippen molar-refractivity contribution < 1.29 is 9.18 Å². The van der Waals surface area contributed by atoms with Gasteiger partial charge >= 0.3 is 0 Å². The molecule has 0 radical (unpaired) electrons. The van der Waals surface area contributed by atoms with Gasteiger partial charge in [0.1, 0.15) is 5.82 Å². The van der Waals surface area contributed by atoms with E-state index in [1.165, 1.54) is 12.1 Å². The molecule has 0 fully saturated rings. The van der Waals surface area contributed by atoms with Crippen molar-refractivity contribution in [2.45, 2.75) is 19.3 Å². The van der Waals surface area contributed by atoms with E-state index >= 15 is 0 Å². The van der Waals surface area contributed by atoms with E-state index in [1.807, 2.05) is 6.07 Å². The normalized spacial score (nSPS) is 15.1. The van der Waals surface area contributed by atoms with Gasteiger partial charge in [-0.3, -0.25) is 4.79 Å². The molecule has 0 saturated carbocycles. The number of carbonyl (C=O) groups is 1. The summed E-state index contributed by atoms with van der Waals surface area (Å²) < 4.78 is 12.9. The van der Waals surface area contributed by atoms with Gasteiger partial charge in [-0.15, -0.1) is 0 Å². The number of halogens is 1. The third-order valence-corrected chi connectivity index (χ3v) is 2.63. The maximum Gasteiger partial charge on any atom is 0.157 e. The van der Waals surface area contributed by atoms with Crippen LogP contribution in [0.15, 0.2) is 36.0 Å². The molecule has 1 aromatic carbocycles. The molecule has 2 rings (SSSR count). The van der Waals surface area contributed by atoms with Crippen LogP contribution < -0.4 is 5.32 Å². The van der Waals surface area contributed by atoms with Gasteiger partial charge in [0.05, 0.1) is 0 Å². The van der Waals surface area contributed by atoms with Crippen molar-refractivity contribution in [2.24, 2.45) is 0 Å². The second-order valence-electron chi connectivity index (χ2n) is 3.94. The number of hydrogen-bond donors (Lipinski definition) is 1. The molecule has 0 aliphatic heterocycles. The Balaban J connectivity index is 1.80. The summed E-state index contributed by atoms with van der Waals surface area (Å²) in [6.07, 6.45) is 3.85. The Morgan fingerprint density at radius 1 is 1.31 bits per heavy atom. The Morgan fingerprint density at radius 2 is 2.19 bits per heavy atom. The second kappa shape index (κ2) is 4.92. The molecule has 0 amide bonds. The maximum atomic E-state index is 12.9. The van der Waals surface area contributed by atoms with Crippen molar-refractivity contribution in [3.63, 3.8) is 0 Å². The number of rotatable bonds is 4. The van der Waals surface area contributed by atoms with Crippen LogP contribution in [0.2, 0.25) is 0 Å². The van der Waals surface area contributed by atoms with E-state index in [1.54, 1.807) is 12.1 Å². The van der Waals surface area contributed by atoms with Gasteiger partial charge in [0.2, 0.25) is 0 Å². The molecule has 1 aliphatic rings. The fourth-order valence-corrected chi connectivity index (χ4v) is 1.80. The largest absolute Gasteiger partial charge is 0.388 e. The third-order valence-electron chi connectivity index (χ3n) is 2.63. The Bertz CT molecular complexity index is 426. The van der Waals surface area contributed by atoms with Crippen LogP contribution in [0.5, 0.6) is 0 Å². The van der Waals surface area contributed by atoms with E-state index in [0.717, 1.165) is 30.6 Å². The highest BCUT2D eigenvalue weighted by atomic mass is 19.1. The minimum atomic E-state index is -0.201. The summed E-state index contributed by atoms with van der Waals surface area (Å²) in [6, 6.07) is 6.59. The quantitative estimate of drug-likeness (QED) is 0.841. The molecular weight excluding hydrogens is 205 g/mol. The van der Waals surface area contributed by atoms with E-state index in [-0.39, 0.29) is 11.6 Å². The zero-order valence-electron chi connectivity index (χ0n) is 9.00. The van der Waals surface area contributed by atoms with E-state index in [4.69, 9.17) is 0 Å². The molecule has 0 unspecified atom stereocenters. The second-order valence-corrected chi connectivity index (χ2v) is 3.94. The smallest absolute Gasteiger partial charge is 0.157 e. The van der Waals surface area contributed by atoms with Crippen molar-refractivity contribution in [2.75, 3.05) is 6.54 Å². The lowest BCUT2D eigenvalue weighted by Gasteiger charge is -2.06. The maximum absolute atomic E-state index is 12.9. The third kappa shape index (κ3) is 2.92. The molecule has 0 spiro atoms. The zero-order valence-corrected chi connectivity index (χ0v) is 9.00. The lowest BCUT2D eigenvalue weighted by atomic mass is 10.1. The topological polar surface area (TPSA) is 29.1 Å². The van der Waals surface area contributed by atoms with Crippen LogP contribution in [0.25, 0.3) is 0 Å². The molecule has 3 heteroatoms. The summed E-state index contributed by atoms with van der Waals surface area (Å²) in [5, 5.41) is 3.20. The summed E-state index contributed by atoms with van der Waals surface area (Å²) >= 11 is 0. The molecule has 2 nitrogen and oxygen atoms in total. The summed E-state index contributed by atoms with van der Waals surface area (Å²) in [4.78, 5) is 11.0. The van der Waals surface area contributed by atoms with Crippen molar-refractivity contribution in [1.82, 2.24) is 5.32 Å². The average molecular weight is 219 g/mol. The minimum Gasteiger partial charge on any atom is -0.388 e. The van der Waals surface area contributed by atoms with Crippen molar-refractivity contribution >= 4 is 5.78 Å². The van der Waals surface area contributed by atoms with Gasteiger partial charge in [-0.1, -0.05) is 12.1 Å². The van der Waals surface area contributed by atoms with Gasteiger partial charge in [0.25, 0.3) is 0 Å². The lowest BCUT2D eigenvalue weighted by molar-refractivity contribution is -0.114. The molecular formula is C13H14FNO. The number of ketones is 1. The Labute approximate surface area is 94.2 Å². The van der Waals surface area contributed by atoms with Crippen LogP contribution in [0.4, 0.5) is 4.39 Å². The fraction of sp³-hybridized carbons (Fsp3) is 0.308. The molecule has 1 N–H and O–H groups in total. The van der Waals surface area contributed by atoms with Crippen molar-refractivity contribution in [3.8, 4) is 0 Å². The molecule has 0 bridgehead atoms. The number of benzene rings is 1. The van der Waals surface area contributed by atoms with Gasteiger partial charge in [0.15, 0.2) is 5.78 Å². The van der Waals surface area contributed by atoms with Gasteiger partial charge < -0.3 is 5.32 Å². The first-order valence-electron chi connectivity index (χ1n) is 5.46. The molecule has 0 atom stereocenters. The molecule has 84 valence electrons. The van der Waals surface area contributed by atoms with Gasteiger partial charge in [0, 0.05) is 24.7 Å². The molecule has 1 aromatic rings. The zero-order chi connectivity index (χ0) is 11.4. The van der Waals surface area contributed by atoms with Crippen LogP contribution >= 0.6 is 0 Å². The van der Waals surface area contributed by atoms with Crippen LogP contribution in [-0.2, 0) is 11.2 Å². The number of allylic oxidation sites excluding steroid dienone is 2. The number of hydrogen-bond acceptors (Lipinski definition) is 2. The van der Waals surface area contributed by atoms with E-state index in [2.05, 4.69) is 5.32 Å². The Kier molecular flexibility index (Phi) is 3.34. The lowest BCUT2D eigenvalue weighted by Crippen LogP contribution is -2.15. The number of nitrogens with one attached hydrogen (secondary N) is 1. The van der Waals surface area contributed by atoms with Crippen LogP contribution in [0, 0.1) is 5.82 Å². The van der Waals surface area contributed by atoms with Crippen molar-refractivity contribution in [1.29, 1.82) is 0 Å². The van der Waals surface area contributed by atoms with Crippen LogP contribution in [0.3, 0.4) is 0 Å². The summed E-state index contributed by atoms with van der Waals surface area (Å²) in [5.74, 6) is -0.0129. The summed E-state index contributed by atoms with van der Waals surface area (Å²) in [7, 11) is 0. The van der Waals surface area contributed by atoms with Gasteiger partial charge in [-0.05, 0) is 30.5 Å². The van der Waals surface area contributed by atoms with Gasteiger partial charge in [-0.25, -0.2) is 4.39 Å². The fourth-order valence-electron chi connectivity index (χ4n) is 1.80. The standard InChI is InChI=1S/C13H14FNO/c14-11-3-1-2-10(8-11)6-7-15-12-4-5-13(16)9-12/h1-3,8-9,15H,4-7H2. The highest BCUT2D eigenvalue weighted by molar-refractivity contribution is 5.92. The Hall–Kier alpha value is -1.64. The highest BCUT2D eigenvalue weighted by Crippen LogP contribution is 2.11. The monoisotopic (exact) mass is 219 g/mol.